The van der Waals surface area contributed by atoms with Gasteiger partial charge in [-0.3, -0.25) is 9.59 Å². The van der Waals surface area contributed by atoms with E-state index in [1.165, 1.54) is 154 Å². The maximum atomic E-state index is 13.5. The van der Waals surface area contributed by atoms with Crippen molar-refractivity contribution in [2.24, 2.45) is 0 Å². The largest absolute Gasteiger partial charge is 0.454 e. The first-order chi connectivity index (χ1) is 41.7. The molecule has 11 heteroatoms. The van der Waals surface area contributed by atoms with Gasteiger partial charge >= 0.3 is 5.97 Å². The topological polar surface area (TPSA) is 175 Å². The van der Waals surface area contributed by atoms with Gasteiger partial charge in [-0.05, 0) is 109 Å². The second kappa shape index (κ2) is 60.8. The maximum absolute atomic E-state index is 13.5. The van der Waals surface area contributed by atoms with Crippen molar-refractivity contribution in [3.8, 4) is 0 Å². The molecule has 6 N–H and O–H groups in total. The molecule has 0 radical (unpaired) electrons. The van der Waals surface area contributed by atoms with Crippen LogP contribution in [0.2, 0.25) is 0 Å². The van der Waals surface area contributed by atoms with Gasteiger partial charge in [0.15, 0.2) is 12.4 Å². The maximum Gasteiger partial charge on any atom is 0.306 e. The Morgan fingerprint density at radius 1 is 0.459 bits per heavy atom. The highest BCUT2D eigenvalue weighted by atomic mass is 16.7. The Morgan fingerprint density at radius 2 is 0.812 bits per heavy atom. The van der Waals surface area contributed by atoms with Gasteiger partial charge in [0.05, 0.1) is 25.4 Å². The van der Waals surface area contributed by atoms with Crippen LogP contribution in [0, 0.1) is 0 Å². The number of nitrogens with one attached hydrogen (secondary N) is 1. The molecule has 1 aliphatic rings. The van der Waals surface area contributed by atoms with E-state index in [4.69, 9.17) is 14.2 Å². The molecule has 0 aromatic rings. The Kier molecular flexibility index (Phi) is 57.0. The fourth-order valence-corrected chi connectivity index (χ4v) is 10.4. The van der Waals surface area contributed by atoms with E-state index >= 15 is 0 Å². The van der Waals surface area contributed by atoms with Crippen molar-refractivity contribution >= 4 is 11.9 Å². The van der Waals surface area contributed by atoms with Crippen LogP contribution in [0.25, 0.3) is 0 Å². The van der Waals surface area contributed by atoms with Crippen LogP contribution in [0.5, 0.6) is 0 Å². The first-order valence-corrected chi connectivity index (χ1v) is 35.0. The number of allylic oxidation sites excluding steroid dienone is 15. The second-order valence-corrected chi connectivity index (χ2v) is 23.9. The van der Waals surface area contributed by atoms with Gasteiger partial charge < -0.3 is 45.1 Å². The number of ether oxygens (including phenoxy) is 3. The summed E-state index contributed by atoms with van der Waals surface area (Å²) >= 11 is 0. The minimum Gasteiger partial charge on any atom is -0.454 e. The minimum atomic E-state index is -1.63. The standard InChI is InChI=1S/C74H129NO10/c1-4-7-10-13-16-19-22-25-27-29-31-32-33-34-35-36-37-39-41-44-47-50-53-56-59-62-69(79)85-72-71(81)70(80)68(63-76)84-74(72)83-64-65(66(77)60-57-54-51-48-45-42-24-21-18-15-12-9-6-3)75-73(82)67(78)61-58-55-52-49-46-43-40-38-30-28-26-23-20-17-14-11-8-5-2/h16-17,19-20,25-28,31-32,38,40,46,49,57,60,65-68,70-72,74,76-78,80-81H,4-15,18,21-24,29-30,33-37,39,41-45,47-48,50-56,58-59,61-64H2,1-3H3,(H,75,82)/b19-16-,20-17-,27-25-,28-26-,32-31-,40-38-,49-46-,60-57+. The summed E-state index contributed by atoms with van der Waals surface area (Å²) in [4.78, 5) is 26.7. The molecule has 0 aromatic heterocycles. The van der Waals surface area contributed by atoms with E-state index in [0.717, 1.165) is 96.3 Å². The molecule has 85 heavy (non-hydrogen) atoms. The minimum absolute atomic E-state index is 0.113. The average molecular weight is 1190 g/mol. The third-order valence-corrected chi connectivity index (χ3v) is 16.0. The molecule has 0 saturated carbocycles. The molecule has 1 heterocycles. The fourth-order valence-electron chi connectivity index (χ4n) is 10.4. The summed E-state index contributed by atoms with van der Waals surface area (Å²) in [6.07, 6.45) is 71.5. The number of carbonyl (C=O) groups is 2. The molecular formula is C74H129NO10. The lowest BCUT2D eigenvalue weighted by atomic mass is 9.99. The molecule has 0 spiro atoms. The number of esters is 1. The first kappa shape index (κ1) is 79.6. The number of aliphatic hydroxyl groups excluding tert-OH is 5. The molecule has 8 unspecified atom stereocenters. The van der Waals surface area contributed by atoms with Crippen molar-refractivity contribution in [2.45, 2.75) is 346 Å². The lowest BCUT2D eigenvalue weighted by molar-refractivity contribution is -0.305. The summed E-state index contributed by atoms with van der Waals surface area (Å²) in [7, 11) is 0. The Balaban J connectivity index is 2.62. The number of rotatable bonds is 59. The van der Waals surface area contributed by atoms with E-state index in [-0.39, 0.29) is 19.4 Å². The van der Waals surface area contributed by atoms with Crippen LogP contribution in [-0.4, -0.2) is 99.6 Å². The number of aliphatic hydroxyl groups is 5. The fraction of sp³-hybridized carbons (Fsp3) is 0.757. The molecule has 1 rings (SSSR count). The first-order valence-electron chi connectivity index (χ1n) is 35.0. The Bertz CT molecular complexity index is 1750. The van der Waals surface area contributed by atoms with Crippen LogP contribution in [0.1, 0.15) is 297 Å². The normalized spacial score (nSPS) is 19.0. The molecule has 11 nitrogen and oxygen atoms in total. The van der Waals surface area contributed by atoms with Crippen LogP contribution in [0.15, 0.2) is 97.2 Å². The van der Waals surface area contributed by atoms with Crippen molar-refractivity contribution in [1.29, 1.82) is 0 Å². The summed E-state index contributed by atoms with van der Waals surface area (Å²) in [5.41, 5.74) is 0. The summed E-state index contributed by atoms with van der Waals surface area (Å²) in [5, 5.41) is 57.2. The molecule has 1 amide bonds. The van der Waals surface area contributed by atoms with Gasteiger partial charge in [-0.15, -0.1) is 0 Å². The van der Waals surface area contributed by atoms with Gasteiger partial charge in [0.2, 0.25) is 5.91 Å². The van der Waals surface area contributed by atoms with Crippen molar-refractivity contribution < 1.29 is 49.3 Å². The summed E-state index contributed by atoms with van der Waals surface area (Å²) < 4.78 is 17.7. The van der Waals surface area contributed by atoms with Crippen LogP contribution in [0.3, 0.4) is 0 Å². The molecule has 0 aliphatic carbocycles. The number of carbonyl (C=O) groups excluding carboxylic acids is 2. The van der Waals surface area contributed by atoms with Crippen molar-refractivity contribution in [3.05, 3.63) is 97.2 Å². The zero-order valence-corrected chi connectivity index (χ0v) is 54.5. The van der Waals surface area contributed by atoms with E-state index in [2.05, 4.69) is 111 Å². The predicted molar refractivity (Wildman–Crippen MR) is 356 cm³/mol. The highest BCUT2D eigenvalue weighted by Crippen LogP contribution is 2.26. The molecule has 0 aromatic carbocycles. The van der Waals surface area contributed by atoms with Gasteiger partial charge in [-0.2, -0.15) is 0 Å². The Labute approximate surface area is 520 Å². The van der Waals surface area contributed by atoms with E-state index in [1.54, 1.807) is 6.08 Å². The SMILES string of the molecule is CCCCC/C=C\C/C=C\C/C=C\C/C=C\CCCCC(O)C(=O)NC(COC1OC(CO)C(O)C(O)C1OC(=O)CCCCCCCCCCCCCC/C=C\C/C=C\C/C=C\CCCCC)C(O)/C=C/CCCCCCCCCCCCC. The molecule has 490 valence electrons. The Hall–Kier alpha value is -3.42. The van der Waals surface area contributed by atoms with Crippen molar-refractivity contribution in [3.63, 3.8) is 0 Å². The smallest absolute Gasteiger partial charge is 0.306 e. The molecular weight excluding hydrogens is 1060 g/mol. The van der Waals surface area contributed by atoms with Crippen LogP contribution in [0.4, 0.5) is 0 Å². The summed E-state index contributed by atoms with van der Waals surface area (Å²) in [6, 6.07) is -1.05. The lowest BCUT2D eigenvalue weighted by Crippen LogP contribution is -2.61. The van der Waals surface area contributed by atoms with Crippen LogP contribution in [-0.2, 0) is 23.8 Å². The highest BCUT2D eigenvalue weighted by Gasteiger charge is 2.47. The number of hydrogen-bond acceptors (Lipinski definition) is 10. The van der Waals surface area contributed by atoms with Crippen LogP contribution < -0.4 is 5.32 Å². The van der Waals surface area contributed by atoms with E-state index in [0.29, 0.717) is 12.8 Å². The number of unbranched alkanes of at least 4 members (excludes halogenated alkanes) is 31. The molecule has 0 bridgehead atoms. The average Bonchev–Trinajstić information content (AvgIpc) is 3.21. The van der Waals surface area contributed by atoms with Crippen molar-refractivity contribution in [2.75, 3.05) is 13.2 Å². The molecule has 1 aliphatic heterocycles. The third kappa shape index (κ3) is 48.2. The predicted octanol–water partition coefficient (Wildman–Crippen LogP) is 17.8. The molecule has 8 atom stereocenters. The van der Waals surface area contributed by atoms with Gasteiger partial charge in [-0.25, -0.2) is 0 Å². The Morgan fingerprint density at radius 3 is 1.24 bits per heavy atom. The van der Waals surface area contributed by atoms with Gasteiger partial charge in [0.1, 0.15) is 24.4 Å². The van der Waals surface area contributed by atoms with Gasteiger partial charge in [0.25, 0.3) is 0 Å². The molecule has 1 saturated heterocycles. The van der Waals surface area contributed by atoms with Gasteiger partial charge in [-0.1, -0.05) is 279 Å². The zero-order valence-electron chi connectivity index (χ0n) is 54.5. The highest BCUT2D eigenvalue weighted by molar-refractivity contribution is 5.80. The monoisotopic (exact) mass is 1190 g/mol. The summed E-state index contributed by atoms with van der Waals surface area (Å²) in [5.74, 6) is -1.23. The van der Waals surface area contributed by atoms with E-state index < -0.39 is 67.4 Å². The van der Waals surface area contributed by atoms with Crippen LogP contribution >= 0.6 is 0 Å². The number of hydrogen-bond donors (Lipinski definition) is 6. The van der Waals surface area contributed by atoms with E-state index in [9.17, 15) is 35.1 Å². The summed E-state index contributed by atoms with van der Waals surface area (Å²) in [6.45, 7) is 5.73. The zero-order chi connectivity index (χ0) is 61.7. The third-order valence-electron chi connectivity index (χ3n) is 16.0. The van der Waals surface area contributed by atoms with Crippen molar-refractivity contribution in [1.82, 2.24) is 5.32 Å². The molecule has 1 fully saturated rings. The number of amides is 1. The van der Waals surface area contributed by atoms with Gasteiger partial charge in [0, 0.05) is 6.42 Å². The van der Waals surface area contributed by atoms with E-state index in [1.807, 2.05) is 6.08 Å². The quantitative estimate of drug-likeness (QED) is 0.0195. The second-order valence-electron chi connectivity index (χ2n) is 23.9. The lowest BCUT2D eigenvalue weighted by Gasteiger charge is -2.41.